The van der Waals surface area contributed by atoms with Crippen LogP contribution in [0.4, 0.5) is 0 Å². The van der Waals surface area contributed by atoms with Gasteiger partial charge in [0.05, 0.1) is 4.90 Å². The lowest BCUT2D eigenvalue weighted by atomic mass is 10.2. The summed E-state index contributed by atoms with van der Waals surface area (Å²) in [4.78, 5) is 12.1. The smallest absolute Gasteiger partial charge is 0.242 e. The van der Waals surface area contributed by atoms with Gasteiger partial charge in [0.2, 0.25) is 15.9 Å². The van der Waals surface area contributed by atoms with Crippen molar-refractivity contribution in [1.82, 2.24) is 9.62 Å². The van der Waals surface area contributed by atoms with Crippen molar-refractivity contribution >= 4 is 26.7 Å². The quantitative estimate of drug-likeness (QED) is 0.781. The maximum absolute atomic E-state index is 12.2. The van der Waals surface area contributed by atoms with Gasteiger partial charge >= 0.3 is 0 Å². The van der Waals surface area contributed by atoms with Crippen LogP contribution in [0.3, 0.4) is 0 Å². The Morgan fingerprint density at radius 1 is 1.29 bits per heavy atom. The Morgan fingerprint density at radius 2 is 1.96 bits per heavy atom. The molecule has 1 atom stereocenters. The molecule has 8 heteroatoms. The second-order valence-electron chi connectivity index (χ2n) is 6.21. The number of hydrogen-bond acceptors (Lipinski definition) is 4. The monoisotopic (exact) mass is 372 g/mol. The minimum Gasteiger partial charge on any atom is -0.353 e. The predicted molar refractivity (Wildman–Crippen MR) is 94.4 cm³/mol. The molecule has 6 nitrogen and oxygen atoms in total. The molecule has 0 spiro atoms. The highest BCUT2D eigenvalue weighted by atomic mass is 32.2. The molecule has 1 fully saturated rings. The van der Waals surface area contributed by atoms with E-state index in [4.69, 9.17) is 0 Å². The molecular weight excluding hydrogens is 348 g/mol. The third kappa shape index (κ3) is 5.12. The molecule has 0 bridgehead atoms. The molecule has 1 saturated carbocycles. The van der Waals surface area contributed by atoms with Gasteiger partial charge < -0.3 is 5.32 Å². The van der Waals surface area contributed by atoms with Crippen LogP contribution in [0, 0.1) is 0 Å². The van der Waals surface area contributed by atoms with Gasteiger partial charge in [0.15, 0.2) is 0 Å². The van der Waals surface area contributed by atoms with E-state index < -0.39 is 20.8 Å². The van der Waals surface area contributed by atoms with Crippen LogP contribution in [-0.4, -0.2) is 48.7 Å². The van der Waals surface area contributed by atoms with Crippen LogP contribution in [0.25, 0.3) is 0 Å². The summed E-state index contributed by atoms with van der Waals surface area (Å²) in [6.45, 7) is 0. The van der Waals surface area contributed by atoms with Gasteiger partial charge in [0.25, 0.3) is 0 Å². The highest BCUT2D eigenvalue weighted by Crippen LogP contribution is 2.18. The van der Waals surface area contributed by atoms with Crippen molar-refractivity contribution in [2.45, 2.75) is 42.4 Å². The van der Waals surface area contributed by atoms with E-state index in [0.717, 1.165) is 30.0 Å². The lowest BCUT2D eigenvalue weighted by Crippen LogP contribution is -2.35. The van der Waals surface area contributed by atoms with E-state index in [2.05, 4.69) is 5.32 Å². The van der Waals surface area contributed by atoms with Crippen molar-refractivity contribution in [2.75, 3.05) is 19.8 Å². The molecule has 1 aromatic rings. The van der Waals surface area contributed by atoms with E-state index in [0.29, 0.717) is 5.56 Å². The zero-order valence-electron chi connectivity index (χ0n) is 14.0. The second kappa shape index (κ2) is 8.22. The fraction of sp³-hybridized carbons (Fsp3) is 0.562. The van der Waals surface area contributed by atoms with Crippen LogP contribution in [0.5, 0.6) is 0 Å². The third-order valence-electron chi connectivity index (χ3n) is 4.02. The molecule has 2 rings (SSSR count). The number of carbonyl (C=O) groups excluding carboxylic acids is 1. The van der Waals surface area contributed by atoms with Crippen LogP contribution in [0.2, 0.25) is 0 Å². The Labute approximate surface area is 146 Å². The molecule has 134 valence electrons. The minimum atomic E-state index is -3.52. The summed E-state index contributed by atoms with van der Waals surface area (Å²) in [5.74, 6) is -0.0898. The Hall–Kier alpha value is -1.25. The van der Waals surface area contributed by atoms with E-state index in [9.17, 15) is 17.4 Å². The first-order valence-electron chi connectivity index (χ1n) is 7.95. The molecular formula is C16H24N2O4S2. The van der Waals surface area contributed by atoms with Crippen LogP contribution in [0.1, 0.15) is 31.2 Å². The van der Waals surface area contributed by atoms with Crippen LogP contribution >= 0.6 is 0 Å². The van der Waals surface area contributed by atoms with Crippen molar-refractivity contribution in [2.24, 2.45) is 0 Å². The molecule has 1 amide bonds. The molecule has 24 heavy (non-hydrogen) atoms. The summed E-state index contributed by atoms with van der Waals surface area (Å²) in [5, 5.41) is 2.91. The molecule has 0 heterocycles. The topological polar surface area (TPSA) is 83.6 Å². The number of amides is 1. The summed E-state index contributed by atoms with van der Waals surface area (Å²) in [6.07, 6.45) is 4.23. The summed E-state index contributed by atoms with van der Waals surface area (Å²) in [5.41, 5.74) is 0.643. The van der Waals surface area contributed by atoms with Crippen molar-refractivity contribution in [3.05, 3.63) is 29.8 Å². The summed E-state index contributed by atoms with van der Waals surface area (Å²) >= 11 is 0. The van der Waals surface area contributed by atoms with E-state index >= 15 is 0 Å². The average molecular weight is 373 g/mol. The summed E-state index contributed by atoms with van der Waals surface area (Å²) in [7, 11) is -1.95. The number of nitrogens with zero attached hydrogens (tertiary/aromatic N) is 1. The maximum Gasteiger partial charge on any atom is 0.242 e. The highest BCUT2D eigenvalue weighted by Gasteiger charge is 2.20. The molecule has 1 N–H and O–H groups in total. The fourth-order valence-corrected chi connectivity index (χ4v) is 4.73. The van der Waals surface area contributed by atoms with Gasteiger partial charge in [-0.3, -0.25) is 9.00 Å². The zero-order valence-corrected chi connectivity index (χ0v) is 15.7. The van der Waals surface area contributed by atoms with E-state index in [1.165, 1.54) is 26.2 Å². The maximum atomic E-state index is 12.2. The Bertz CT molecular complexity index is 711. The van der Waals surface area contributed by atoms with Crippen LogP contribution < -0.4 is 5.32 Å². The fourth-order valence-electron chi connectivity index (χ4n) is 2.73. The van der Waals surface area contributed by atoms with Crippen LogP contribution in [-0.2, 0) is 31.4 Å². The van der Waals surface area contributed by atoms with E-state index in [-0.39, 0.29) is 28.4 Å². The van der Waals surface area contributed by atoms with Gasteiger partial charge in [-0.05, 0) is 30.5 Å². The minimum absolute atomic E-state index is 0.0544. The van der Waals surface area contributed by atoms with Crippen LogP contribution in [0.15, 0.2) is 29.2 Å². The van der Waals surface area contributed by atoms with E-state index in [1.54, 1.807) is 12.1 Å². The molecule has 0 saturated heterocycles. The summed E-state index contributed by atoms with van der Waals surface area (Å²) in [6, 6.07) is 6.59. The standard InChI is InChI=1S/C16H24N2O4S2/c1-18(2)24(21,22)15-9-5-6-13(10-15)11-23(20)12-16(19)17-14-7-3-4-8-14/h5-6,9-10,14H,3-4,7-8,11-12H2,1-2H3,(H,17,19). The van der Waals surface area contributed by atoms with Gasteiger partial charge in [-0.1, -0.05) is 25.0 Å². The van der Waals surface area contributed by atoms with Gasteiger partial charge in [-0.25, -0.2) is 12.7 Å². The van der Waals surface area contributed by atoms with Crippen molar-refractivity contribution < 1.29 is 17.4 Å². The largest absolute Gasteiger partial charge is 0.353 e. The SMILES string of the molecule is CN(C)S(=O)(=O)c1cccc(CS(=O)CC(=O)NC2CCCC2)c1. The number of hydrogen-bond donors (Lipinski definition) is 1. The molecule has 0 aliphatic heterocycles. The van der Waals surface area contributed by atoms with Gasteiger partial charge in [-0.15, -0.1) is 0 Å². The van der Waals surface area contributed by atoms with E-state index in [1.807, 2.05) is 0 Å². The Morgan fingerprint density at radius 3 is 2.58 bits per heavy atom. The normalized spacial score (nSPS) is 17.1. The first-order chi connectivity index (χ1) is 11.3. The summed E-state index contributed by atoms with van der Waals surface area (Å²) < 4.78 is 37.6. The number of nitrogens with one attached hydrogen (secondary N) is 1. The first kappa shape index (κ1) is 19.1. The highest BCUT2D eigenvalue weighted by molar-refractivity contribution is 7.89. The second-order valence-corrected chi connectivity index (χ2v) is 9.82. The Kier molecular flexibility index (Phi) is 6.54. The number of benzene rings is 1. The number of carbonyl (C=O) groups is 1. The first-order valence-corrected chi connectivity index (χ1v) is 10.9. The molecule has 0 radical (unpaired) electrons. The Balaban J connectivity index is 1.95. The van der Waals surface area contributed by atoms with Gasteiger partial charge in [-0.2, -0.15) is 0 Å². The lowest BCUT2D eigenvalue weighted by Gasteiger charge is -2.13. The molecule has 1 unspecified atom stereocenters. The number of sulfonamides is 1. The molecule has 0 aromatic heterocycles. The number of rotatable bonds is 7. The third-order valence-corrected chi connectivity index (χ3v) is 7.07. The molecule has 1 aliphatic rings. The lowest BCUT2D eigenvalue weighted by molar-refractivity contribution is -0.119. The molecule has 1 aliphatic carbocycles. The van der Waals surface area contributed by atoms with Crippen molar-refractivity contribution in [3.8, 4) is 0 Å². The van der Waals surface area contributed by atoms with Gasteiger partial charge in [0.1, 0.15) is 5.75 Å². The van der Waals surface area contributed by atoms with Gasteiger partial charge in [0, 0.05) is 36.7 Å². The average Bonchev–Trinajstić information content (AvgIpc) is 2.99. The van der Waals surface area contributed by atoms with Crippen molar-refractivity contribution in [1.29, 1.82) is 0 Å². The predicted octanol–water partition coefficient (Wildman–Crippen LogP) is 1.24. The molecule has 1 aromatic carbocycles. The van der Waals surface area contributed by atoms with Crippen molar-refractivity contribution in [3.63, 3.8) is 0 Å². The zero-order chi connectivity index (χ0) is 17.7.